The maximum Gasteiger partial charge on any atom is 0.229 e. The second kappa shape index (κ2) is 7.78. The summed E-state index contributed by atoms with van der Waals surface area (Å²) in [5.74, 6) is 0.577. The molecule has 3 rings (SSSR count). The highest BCUT2D eigenvalue weighted by atomic mass is 16.5. The Morgan fingerprint density at radius 3 is 3.00 bits per heavy atom. The average molecular weight is 343 g/mol. The molecule has 0 aliphatic carbocycles. The Morgan fingerprint density at radius 2 is 2.24 bits per heavy atom. The molecule has 1 aliphatic rings. The molecule has 1 atom stereocenters. The van der Waals surface area contributed by atoms with Crippen molar-refractivity contribution >= 4 is 17.5 Å². The van der Waals surface area contributed by atoms with Crippen molar-refractivity contribution in [3.8, 4) is 5.75 Å². The number of nitrogens with one attached hydrogen (secondary N) is 1. The maximum atomic E-state index is 12.3. The van der Waals surface area contributed by atoms with Crippen molar-refractivity contribution in [2.75, 3.05) is 18.6 Å². The van der Waals surface area contributed by atoms with Crippen LogP contribution in [0.3, 0.4) is 0 Å². The second-order valence-corrected chi connectivity index (χ2v) is 5.91. The minimum Gasteiger partial charge on any atom is -0.495 e. The van der Waals surface area contributed by atoms with E-state index in [-0.39, 0.29) is 17.9 Å². The fourth-order valence-electron chi connectivity index (χ4n) is 2.94. The van der Waals surface area contributed by atoms with E-state index in [2.05, 4.69) is 15.4 Å². The number of aromatic nitrogens is 3. The smallest absolute Gasteiger partial charge is 0.229 e. The Balaban J connectivity index is 1.51. The monoisotopic (exact) mass is 343 g/mol. The normalized spacial score (nSPS) is 16.9. The van der Waals surface area contributed by atoms with Gasteiger partial charge in [0.15, 0.2) is 0 Å². The number of amides is 2. The Labute approximate surface area is 145 Å². The molecule has 0 bridgehead atoms. The minimum atomic E-state index is -0.184. The summed E-state index contributed by atoms with van der Waals surface area (Å²) in [4.78, 5) is 29.9. The highest BCUT2D eigenvalue weighted by Crippen LogP contribution is 2.30. The number of hydrogen-bond donors (Lipinski definition) is 1. The molecule has 8 heteroatoms. The third kappa shape index (κ3) is 4.14. The van der Waals surface area contributed by atoms with Crippen LogP contribution < -0.4 is 15.0 Å². The molecule has 1 fully saturated rings. The van der Waals surface area contributed by atoms with Crippen molar-refractivity contribution in [3.05, 3.63) is 36.9 Å². The molecule has 2 heterocycles. The summed E-state index contributed by atoms with van der Waals surface area (Å²) in [5.41, 5.74) is 0.734. The van der Waals surface area contributed by atoms with Crippen molar-refractivity contribution in [2.24, 2.45) is 0 Å². The number of methoxy groups -OCH3 is 1. The van der Waals surface area contributed by atoms with Crippen molar-refractivity contribution in [1.29, 1.82) is 0 Å². The number of hydrogen-bond acceptors (Lipinski definition) is 5. The molecule has 1 N–H and O–H groups in total. The number of para-hydroxylation sites is 2. The Hall–Kier alpha value is -2.90. The quantitative estimate of drug-likeness (QED) is 0.810. The van der Waals surface area contributed by atoms with E-state index in [1.807, 2.05) is 24.3 Å². The molecule has 2 aromatic rings. The number of rotatable bonds is 7. The van der Waals surface area contributed by atoms with Gasteiger partial charge < -0.3 is 15.0 Å². The molecule has 1 aromatic heterocycles. The lowest BCUT2D eigenvalue weighted by molar-refractivity contribution is -0.121. The van der Waals surface area contributed by atoms with E-state index in [1.54, 1.807) is 23.0 Å². The molecule has 1 saturated heterocycles. The van der Waals surface area contributed by atoms with Crippen molar-refractivity contribution in [1.82, 2.24) is 20.1 Å². The van der Waals surface area contributed by atoms with Gasteiger partial charge in [-0.25, -0.2) is 4.98 Å². The SMILES string of the molecule is COc1ccccc1N1C[C@H](NC(=O)CCCn2cncn2)CC1=O. The van der Waals surface area contributed by atoms with Crippen molar-refractivity contribution < 1.29 is 14.3 Å². The maximum absolute atomic E-state index is 12.3. The van der Waals surface area contributed by atoms with Crippen LogP contribution >= 0.6 is 0 Å². The first-order chi connectivity index (χ1) is 12.2. The van der Waals surface area contributed by atoms with Gasteiger partial charge in [-0.05, 0) is 18.6 Å². The number of ether oxygens (including phenoxy) is 1. The van der Waals surface area contributed by atoms with Gasteiger partial charge in [-0.15, -0.1) is 0 Å². The average Bonchev–Trinajstić information content (AvgIpc) is 3.24. The van der Waals surface area contributed by atoms with Crippen LogP contribution in [0.2, 0.25) is 0 Å². The van der Waals surface area contributed by atoms with E-state index in [0.29, 0.717) is 38.1 Å². The molecular weight excluding hydrogens is 322 g/mol. The van der Waals surface area contributed by atoms with Crippen LogP contribution in [0.25, 0.3) is 0 Å². The van der Waals surface area contributed by atoms with Crippen LogP contribution in [-0.4, -0.2) is 46.3 Å². The van der Waals surface area contributed by atoms with E-state index in [0.717, 1.165) is 5.69 Å². The van der Waals surface area contributed by atoms with Crippen LogP contribution in [-0.2, 0) is 16.1 Å². The zero-order valence-corrected chi connectivity index (χ0v) is 14.1. The van der Waals surface area contributed by atoms with E-state index in [4.69, 9.17) is 4.74 Å². The van der Waals surface area contributed by atoms with Crippen molar-refractivity contribution in [3.63, 3.8) is 0 Å². The molecule has 0 unspecified atom stereocenters. The summed E-state index contributed by atoms with van der Waals surface area (Å²) >= 11 is 0. The first kappa shape index (κ1) is 16.9. The number of carbonyl (C=O) groups is 2. The number of carbonyl (C=O) groups excluding carboxylic acids is 2. The fourth-order valence-corrected chi connectivity index (χ4v) is 2.94. The lowest BCUT2D eigenvalue weighted by atomic mass is 10.2. The van der Waals surface area contributed by atoms with Gasteiger partial charge in [0.25, 0.3) is 0 Å². The highest BCUT2D eigenvalue weighted by Gasteiger charge is 2.32. The van der Waals surface area contributed by atoms with Gasteiger partial charge in [0.2, 0.25) is 11.8 Å². The molecule has 1 aliphatic heterocycles. The van der Waals surface area contributed by atoms with Gasteiger partial charge in [0.05, 0.1) is 18.8 Å². The highest BCUT2D eigenvalue weighted by molar-refractivity contribution is 5.98. The molecule has 0 radical (unpaired) electrons. The van der Waals surface area contributed by atoms with Gasteiger partial charge in [0.1, 0.15) is 18.4 Å². The van der Waals surface area contributed by atoms with E-state index in [9.17, 15) is 9.59 Å². The largest absolute Gasteiger partial charge is 0.495 e. The number of benzene rings is 1. The summed E-state index contributed by atoms with van der Waals surface area (Å²) in [7, 11) is 1.58. The molecule has 132 valence electrons. The zero-order valence-electron chi connectivity index (χ0n) is 14.1. The minimum absolute atomic E-state index is 0.0163. The summed E-state index contributed by atoms with van der Waals surface area (Å²) in [6.45, 7) is 1.10. The zero-order chi connectivity index (χ0) is 17.6. The van der Waals surface area contributed by atoms with Crippen LogP contribution in [0.5, 0.6) is 5.75 Å². The van der Waals surface area contributed by atoms with Gasteiger partial charge in [-0.1, -0.05) is 12.1 Å². The lowest BCUT2D eigenvalue weighted by Crippen LogP contribution is -2.37. The van der Waals surface area contributed by atoms with Gasteiger partial charge in [-0.2, -0.15) is 5.10 Å². The first-order valence-corrected chi connectivity index (χ1v) is 8.22. The topological polar surface area (TPSA) is 89.3 Å². The molecule has 0 saturated carbocycles. The van der Waals surface area contributed by atoms with E-state index >= 15 is 0 Å². The standard InChI is InChI=1S/C17H21N5O3/c1-25-15-6-3-2-5-14(15)22-10-13(9-17(22)24)20-16(23)7-4-8-21-12-18-11-19-21/h2-3,5-6,11-13H,4,7-10H2,1H3,(H,20,23)/t13-/m1/s1. The fraction of sp³-hybridized carbons (Fsp3) is 0.412. The summed E-state index contributed by atoms with van der Waals surface area (Å²) < 4.78 is 7.01. The molecule has 25 heavy (non-hydrogen) atoms. The van der Waals surface area contributed by atoms with Gasteiger partial charge in [-0.3, -0.25) is 14.3 Å². The van der Waals surface area contributed by atoms with Gasteiger partial charge in [0, 0.05) is 25.9 Å². The Morgan fingerprint density at radius 1 is 1.40 bits per heavy atom. The Kier molecular flexibility index (Phi) is 5.27. The van der Waals surface area contributed by atoms with Crippen LogP contribution in [0, 0.1) is 0 Å². The summed E-state index contributed by atoms with van der Waals surface area (Å²) in [6.07, 6.45) is 4.45. The molecule has 1 aromatic carbocycles. The number of nitrogens with zero attached hydrogens (tertiary/aromatic N) is 4. The summed E-state index contributed by atoms with van der Waals surface area (Å²) in [6, 6.07) is 7.20. The molecule has 2 amide bonds. The predicted molar refractivity (Wildman–Crippen MR) is 91.2 cm³/mol. The third-order valence-electron chi connectivity index (χ3n) is 4.12. The summed E-state index contributed by atoms with van der Waals surface area (Å²) in [5, 5.41) is 6.94. The van der Waals surface area contributed by atoms with E-state index < -0.39 is 0 Å². The lowest BCUT2D eigenvalue weighted by Gasteiger charge is -2.19. The molecular formula is C17H21N5O3. The van der Waals surface area contributed by atoms with Crippen LogP contribution in [0.1, 0.15) is 19.3 Å². The Bertz CT molecular complexity index is 732. The molecule has 0 spiro atoms. The van der Waals surface area contributed by atoms with E-state index in [1.165, 1.54) is 6.33 Å². The first-order valence-electron chi connectivity index (χ1n) is 8.22. The predicted octanol–water partition coefficient (Wildman–Crippen LogP) is 0.989. The van der Waals surface area contributed by atoms with Crippen LogP contribution in [0.4, 0.5) is 5.69 Å². The second-order valence-electron chi connectivity index (χ2n) is 5.91. The number of anilines is 1. The van der Waals surface area contributed by atoms with Crippen molar-refractivity contribution in [2.45, 2.75) is 31.8 Å². The van der Waals surface area contributed by atoms with Crippen LogP contribution in [0.15, 0.2) is 36.9 Å². The third-order valence-corrected chi connectivity index (χ3v) is 4.12. The molecule has 8 nitrogen and oxygen atoms in total. The van der Waals surface area contributed by atoms with Gasteiger partial charge >= 0.3 is 0 Å². The number of aryl methyl sites for hydroxylation is 1.